The van der Waals surface area contributed by atoms with Crippen molar-refractivity contribution < 1.29 is 26.7 Å². The van der Waals surface area contributed by atoms with E-state index in [4.69, 9.17) is 0 Å². The molecule has 0 bridgehead atoms. The zero-order valence-corrected chi connectivity index (χ0v) is 11.9. The summed E-state index contributed by atoms with van der Waals surface area (Å²) in [5, 5.41) is 2.76. The first kappa shape index (κ1) is 16.9. The lowest BCUT2D eigenvalue weighted by atomic mass is 10.3. The Kier molecular flexibility index (Phi) is 5.49. The van der Waals surface area contributed by atoms with Gasteiger partial charge in [-0.3, -0.25) is 0 Å². The highest BCUT2D eigenvalue weighted by Crippen LogP contribution is 2.36. The van der Waals surface area contributed by atoms with E-state index in [1.165, 1.54) is 6.20 Å². The Morgan fingerprint density at radius 3 is 2.50 bits per heavy atom. The Morgan fingerprint density at radius 2 is 1.95 bits per heavy atom. The van der Waals surface area contributed by atoms with Gasteiger partial charge < -0.3 is 10.1 Å². The Hall–Kier alpha value is -1.19. The Labute approximate surface area is 119 Å². The largest absolute Gasteiger partial charge is 0.470 e. The van der Waals surface area contributed by atoms with E-state index < -0.39 is 18.7 Å². The standard InChI is InChI=1S/C10H11BrF5N3O/c1-2-3-17-8-18-4-6(11)7(19-8)20-5-9(12,13)10(14,15)16/h4H,2-3,5H2,1H3,(H,17,18,19). The fourth-order valence-electron chi connectivity index (χ4n) is 1.02. The van der Waals surface area contributed by atoms with E-state index >= 15 is 0 Å². The average molecular weight is 364 g/mol. The van der Waals surface area contributed by atoms with E-state index in [0.717, 1.165) is 6.42 Å². The molecule has 0 saturated heterocycles. The van der Waals surface area contributed by atoms with Crippen LogP contribution in [-0.4, -0.2) is 35.2 Å². The van der Waals surface area contributed by atoms with Crippen LogP contribution in [0.4, 0.5) is 27.9 Å². The predicted molar refractivity (Wildman–Crippen MR) is 65.0 cm³/mol. The highest BCUT2D eigenvalue weighted by molar-refractivity contribution is 9.10. The first-order valence-corrected chi connectivity index (χ1v) is 6.30. The first-order valence-electron chi connectivity index (χ1n) is 5.51. The molecule has 0 fully saturated rings. The summed E-state index contributed by atoms with van der Waals surface area (Å²) in [5.74, 6) is -5.25. The van der Waals surface area contributed by atoms with Crippen molar-refractivity contribution in [2.75, 3.05) is 18.5 Å². The molecule has 20 heavy (non-hydrogen) atoms. The Balaban J connectivity index is 2.77. The number of hydrogen-bond acceptors (Lipinski definition) is 4. The molecule has 0 spiro atoms. The van der Waals surface area contributed by atoms with Crippen LogP contribution in [0.2, 0.25) is 0 Å². The molecule has 1 heterocycles. The molecule has 1 N–H and O–H groups in total. The predicted octanol–water partition coefficient (Wildman–Crippen LogP) is 3.64. The van der Waals surface area contributed by atoms with Crippen LogP contribution in [-0.2, 0) is 0 Å². The van der Waals surface area contributed by atoms with Gasteiger partial charge in [-0.1, -0.05) is 6.92 Å². The zero-order chi connectivity index (χ0) is 15.4. The molecule has 0 saturated carbocycles. The lowest BCUT2D eigenvalue weighted by molar-refractivity contribution is -0.290. The number of rotatable bonds is 6. The SMILES string of the molecule is CCCNc1ncc(Br)c(OCC(F)(F)C(F)(F)F)n1. The molecule has 0 aromatic carbocycles. The number of nitrogens with zero attached hydrogens (tertiary/aromatic N) is 2. The first-order chi connectivity index (χ1) is 9.17. The van der Waals surface area contributed by atoms with E-state index in [2.05, 4.69) is 36.0 Å². The van der Waals surface area contributed by atoms with Gasteiger partial charge in [0.05, 0.1) is 10.7 Å². The van der Waals surface area contributed by atoms with Gasteiger partial charge >= 0.3 is 12.1 Å². The van der Waals surface area contributed by atoms with Gasteiger partial charge in [0.1, 0.15) is 0 Å². The van der Waals surface area contributed by atoms with Gasteiger partial charge in [0, 0.05) is 6.54 Å². The molecular weight excluding hydrogens is 353 g/mol. The third kappa shape index (κ3) is 4.43. The topological polar surface area (TPSA) is 47.0 Å². The fraction of sp³-hybridized carbons (Fsp3) is 0.600. The maximum absolute atomic E-state index is 12.7. The van der Waals surface area contributed by atoms with E-state index in [0.29, 0.717) is 6.54 Å². The average Bonchev–Trinajstić information content (AvgIpc) is 2.35. The second kappa shape index (κ2) is 6.51. The molecule has 0 aliphatic rings. The van der Waals surface area contributed by atoms with Gasteiger partial charge in [0.25, 0.3) is 0 Å². The minimum atomic E-state index is -5.67. The van der Waals surface area contributed by atoms with E-state index in [-0.39, 0.29) is 16.3 Å². The molecule has 114 valence electrons. The monoisotopic (exact) mass is 363 g/mol. The van der Waals surface area contributed by atoms with Crippen molar-refractivity contribution in [3.63, 3.8) is 0 Å². The summed E-state index contributed by atoms with van der Waals surface area (Å²) in [4.78, 5) is 7.51. The summed E-state index contributed by atoms with van der Waals surface area (Å²) < 4.78 is 66.0. The van der Waals surface area contributed by atoms with Crippen molar-refractivity contribution in [2.45, 2.75) is 25.4 Å². The maximum Gasteiger partial charge on any atom is 0.456 e. The minimum Gasteiger partial charge on any atom is -0.470 e. The summed E-state index contributed by atoms with van der Waals surface area (Å²) in [5.41, 5.74) is 0. The number of alkyl halides is 5. The molecule has 0 radical (unpaired) electrons. The molecule has 0 atom stereocenters. The van der Waals surface area contributed by atoms with Gasteiger partial charge in [0.15, 0.2) is 6.61 Å². The van der Waals surface area contributed by atoms with Crippen molar-refractivity contribution >= 4 is 21.9 Å². The molecule has 0 aliphatic carbocycles. The van der Waals surface area contributed by atoms with Crippen LogP contribution in [0.5, 0.6) is 5.88 Å². The number of halogens is 6. The second-order valence-electron chi connectivity index (χ2n) is 3.76. The van der Waals surface area contributed by atoms with Gasteiger partial charge in [-0.05, 0) is 22.4 Å². The quantitative estimate of drug-likeness (QED) is 0.784. The molecular formula is C10H11BrF5N3O. The molecule has 0 unspecified atom stereocenters. The molecule has 1 aromatic heterocycles. The number of ether oxygens (including phenoxy) is 1. The van der Waals surface area contributed by atoms with Crippen molar-refractivity contribution in [1.82, 2.24) is 9.97 Å². The molecule has 0 aliphatic heterocycles. The van der Waals surface area contributed by atoms with Crippen LogP contribution < -0.4 is 10.1 Å². The molecule has 0 amide bonds. The lowest BCUT2D eigenvalue weighted by Gasteiger charge is -2.19. The number of aromatic nitrogens is 2. The summed E-state index contributed by atoms with van der Waals surface area (Å²) in [6, 6.07) is 0. The maximum atomic E-state index is 12.7. The molecule has 1 rings (SSSR count). The van der Waals surface area contributed by atoms with Crippen molar-refractivity contribution in [3.8, 4) is 5.88 Å². The van der Waals surface area contributed by atoms with Crippen LogP contribution in [0.15, 0.2) is 10.7 Å². The Bertz CT molecular complexity index is 455. The number of anilines is 1. The van der Waals surface area contributed by atoms with Gasteiger partial charge in [-0.25, -0.2) is 4.98 Å². The third-order valence-electron chi connectivity index (χ3n) is 2.05. The van der Waals surface area contributed by atoms with E-state index in [9.17, 15) is 22.0 Å². The highest BCUT2D eigenvalue weighted by atomic mass is 79.9. The van der Waals surface area contributed by atoms with Gasteiger partial charge in [-0.2, -0.15) is 26.9 Å². The van der Waals surface area contributed by atoms with Crippen molar-refractivity contribution in [1.29, 1.82) is 0 Å². The molecule has 1 aromatic rings. The van der Waals surface area contributed by atoms with Crippen LogP contribution in [0.3, 0.4) is 0 Å². The summed E-state index contributed by atoms with van der Waals surface area (Å²) in [6.45, 7) is 0.562. The van der Waals surface area contributed by atoms with Crippen molar-refractivity contribution in [2.24, 2.45) is 0 Å². The lowest BCUT2D eigenvalue weighted by Crippen LogP contribution is -2.41. The van der Waals surface area contributed by atoms with Crippen LogP contribution in [0.1, 0.15) is 13.3 Å². The molecule has 10 heteroatoms. The summed E-state index contributed by atoms with van der Waals surface area (Å²) >= 11 is 2.91. The fourth-order valence-corrected chi connectivity index (χ4v) is 1.32. The highest BCUT2D eigenvalue weighted by Gasteiger charge is 2.58. The second-order valence-corrected chi connectivity index (χ2v) is 4.62. The summed E-state index contributed by atoms with van der Waals surface area (Å²) in [6.07, 6.45) is -3.70. The summed E-state index contributed by atoms with van der Waals surface area (Å²) in [7, 11) is 0. The smallest absolute Gasteiger partial charge is 0.456 e. The number of nitrogens with one attached hydrogen (secondary N) is 1. The van der Waals surface area contributed by atoms with Gasteiger partial charge in [0.2, 0.25) is 11.8 Å². The van der Waals surface area contributed by atoms with E-state index in [1.54, 1.807) is 0 Å². The normalized spacial score (nSPS) is 12.3. The third-order valence-corrected chi connectivity index (χ3v) is 2.59. The Morgan fingerprint density at radius 1 is 1.30 bits per heavy atom. The zero-order valence-electron chi connectivity index (χ0n) is 10.3. The molecule has 4 nitrogen and oxygen atoms in total. The number of hydrogen-bond donors (Lipinski definition) is 1. The van der Waals surface area contributed by atoms with Crippen LogP contribution in [0.25, 0.3) is 0 Å². The van der Waals surface area contributed by atoms with Crippen molar-refractivity contribution in [3.05, 3.63) is 10.7 Å². The minimum absolute atomic E-state index is 0.0810. The van der Waals surface area contributed by atoms with E-state index in [1.807, 2.05) is 6.92 Å². The van der Waals surface area contributed by atoms with Crippen LogP contribution in [0, 0.1) is 0 Å². The van der Waals surface area contributed by atoms with Crippen LogP contribution >= 0.6 is 15.9 Å². The van der Waals surface area contributed by atoms with Gasteiger partial charge in [-0.15, -0.1) is 0 Å².